The Hall–Kier alpha value is -1.90. The minimum atomic E-state index is -0.151. The maximum Gasteiger partial charge on any atom is 0.238 e. The van der Waals surface area contributed by atoms with Gasteiger partial charge < -0.3 is 0 Å². The van der Waals surface area contributed by atoms with Crippen molar-refractivity contribution < 1.29 is 9.59 Å². The molecule has 0 bridgehead atoms. The molecular weight excluding hydrogens is 262 g/mol. The molecule has 0 saturated carbocycles. The minimum absolute atomic E-state index is 0.0318. The van der Waals surface area contributed by atoms with E-state index in [9.17, 15) is 9.59 Å². The van der Waals surface area contributed by atoms with Gasteiger partial charge in [0, 0.05) is 0 Å². The molecule has 3 rings (SSSR count). The lowest BCUT2D eigenvalue weighted by atomic mass is 9.85. The molecule has 1 heterocycles. The normalized spacial score (nSPS) is 24.5. The zero-order valence-corrected chi connectivity index (χ0v) is 12.4. The molecule has 3 heteroatoms. The van der Waals surface area contributed by atoms with Gasteiger partial charge in [0.2, 0.25) is 11.8 Å². The average Bonchev–Trinajstić information content (AvgIpc) is 2.78. The molecule has 110 valence electrons. The molecule has 21 heavy (non-hydrogen) atoms. The first kappa shape index (κ1) is 14.1. The number of carbonyl (C=O) groups is 2. The summed E-state index contributed by atoms with van der Waals surface area (Å²) < 4.78 is 0. The second-order valence-corrected chi connectivity index (χ2v) is 5.94. The lowest BCUT2D eigenvalue weighted by Crippen LogP contribution is -2.30. The van der Waals surface area contributed by atoms with Crippen molar-refractivity contribution in [1.82, 2.24) is 0 Å². The molecule has 0 spiro atoms. The maximum absolute atomic E-state index is 12.5. The Kier molecular flexibility index (Phi) is 3.91. The molecule has 1 aromatic rings. The maximum atomic E-state index is 12.5. The number of amides is 2. The molecule has 1 aliphatic heterocycles. The Morgan fingerprint density at radius 1 is 1.00 bits per heavy atom. The molecule has 0 unspecified atom stereocenters. The van der Waals surface area contributed by atoms with Crippen LogP contribution in [0.3, 0.4) is 0 Å². The van der Waals surface area contributed by atoms with Crippen LogP contribution in [0.15, 0.2) is 36.4 Å². The Morgan fingerprint density at radius 2 is 1.57 bits per heavy atom. The lowest BCUT2D eigenvalue weighted by molar-refractivity contribution is -0.122. The topological polar surface area (TPSA) is 37.4 Å². The second kappa shape index (κ2) is 5.84. The van der Waals surface area contributed by atoms with Gasteiger partial charge in [-0.2, -0.15) is 0 Å². The average molecular weight is 283 g/mol. The molecule has 2 atom stereocenters. The standard InChI is InChI=1S/C18H21NO2/c1-2-3-6-13-9-11-14(12-10-13)19-17(20)15-7-4-5-8-16(15)18(19)21/h4-5,9-12,15-16H,2-3,6-8H2,1H3/t15-,16+. The number of anilines is 1. The fraction of sp³-hybridized carbons (Fsp3) is 0.444. The van der Waals surface area contributed by atoms with Gasteiger partial charge >= 0.3 is 0 Å². The van der Waals surface area contributed by atoms with Crippen molar-refractivity contribution in [3.8, 4) is 0 Å². The number of hydrogen-bond acceptors (Lipinski definition) is 2. The Bertz CT molecular complexity index is 547. The summed E-state index contributed by atoms with van der Waals surface area (Å²) in [5.74, 6) is -0.365. The number of allylic oxidation sites excluding steroid dienone is 2. The van der Waals surface area contributed by atoms with Crippen LogP contribution in [0.5, 0.6) is 0 Å². The highest BCUT2D eigenvalue weighted by Crippen LogP contribution is 2.37. The molecule has 0 N–H and O–H groups in total. The van der Waals surface area contributed by atoms with E-state index >= 15 is 0 Å². The molecule has 2 amide bonds. The van der Waals surface area contributed by atoms with Gasteiger partial charge in [0.1, 0.15) is 0 Å². The first-order valence-corrected chi connectivity index (χ1v) is 7.84. The summed E-state index contributed by atoms with van der Waals surface area (Å²) in [7, 11) is 0. The van der Waals surface area contributed by atoms with E-state index in [0.717, 1.165) is 18.5 Å². The number of hydrogen-bond donors (Lipinski definition) is 0. The number of imide groups is 1. The summed E-state index contributed by atoms with van der Waals surface area (Å²) >= 11 is 0. The van der Waals surface area contributed by atoms with Gasteiger partial charge in [-0.1, -0.05) is 37.6 Å². The fourth-order valence-corrected chi connectivity index (χ4v) is 3.25. The molecule has 1 saturated heterocycles. The highest BCUT2D eigenvalue weighted by molar-refractivity contribution is 6.22. The predicted molar refractivity (Wildman–Crippen MR) is 82.9 cm³/mol. The number of fused-ring (bicyclic) bond motifs is 1. The van der Waals surface area contributed by atoms with Crippen LogP contribution in [-0.2, 0) is 16.0 Å². The van der Waals surface area contributed by atoms with Crippen LogP contribution in [0.25, 0.3) is 0 Å². The molecule has 2 aliphatic rings. The third kappa shape index (κ3) is 2.53. The number of benzene rings is 1. The summed E-state index contributed by atoms with van der Waals surface area (Å²) in [4.78, 5) is 26.4. The first-order chi connectivity index (χ1) is 10.2. The van der Waals surface area contributed by atoms with E-state index in [1.54, 1.807) is 0 Å². The van der Waals surface area contributed by atoms with E-state index in [2.05, 4.69) is 6.92 Å². The van der Waals surface area contributed by atoms with Gasteiger partial charge in [-0.25, -0.2) is 0 Å². The molecular formula is C18H21NO2. The van der Waals surface area contributed by atoms with Gasteiger partial charge in [-0.3, -0.25) is 14.5 Å². The van der Waals surface area contributed by atoms with E-state index in [0.29, 0.717) is 12.8 Å². The Balaban J connectivity index is 1.80. The Morgan fingerprint density at radius 3 is 2.10 bits per heavy atom. The van der Waals surface area contributed by atoms with Gasteiger partial charge in [0.25, 0.3) is 0 Å². The molecule has 3 nitrogen and oxygen atoms in total. The van der Waals surface area contributed by atoms with Gasteiger partial charge in [-0.15, -0.1) is 0 Å². The number of carbonyl (C=O) groups excluding carboxylic acids is 2. The van der Waals surface area contributed by atoms with Crippen LogP contribution in [0, 0.1) is 11.8 Å². The predicted octanol–water partition coefficient (Wildman–Crippen LogP) is 3.48. The van der Waals surface area contributed by atoms with Crippen molar-refractivity contribution >= 4 is 17.5 Å². The van der Waals surface area contributed by atoms with Crippen LogP contribution in [0.1, 0.15) is 38.2 Å². The third-order valence-electron chi connectivity index (χ3n) is 4.52. The van der Waals surface area contributed by atoms with E-state index in [1.165, 1.54) is 16.9 Å². The second-order valence-electron chi connectivity index (χ2n) is 5.94. The minimum Gasteiger partial charge on any atom is -0.274 e. The number of aryl methyl sites for hydroxylation is 1. The molecule has 0 radical (unpaired) electrons. The number of rotatable bonds is 4. The molecule has 0 aromatic heterocycles. The van der Waals surface area contributed by atoms with Crippen molar-refractivity contribution in [2.75, 3.05) is 4.90 Å². The summed E-state index contributed by atoms with van der Waals surface area (Å²) in [6, 6.07) is 7.88. The van der Waals surface area contributed by atoms with E-state index < -0.39 is 0 Å². The highest BCUT2D eigenvalue weighted by atomic mass is 16.2. The van der Waals surface area contributed by atoms with E-state index in [4.69, 9.17) is 0 Å². The number of unbranched alkanes of at least 4 members (excludes halogenated alkanes) is 1. The first-order valence-electron chi connectivity index (χ1n) is 7.84. The lowest BCUT2D eigenvalue weighted by Gasteiger charge is -2.15. The SMILES string of the molecule is CCCCc1ccc(N2C(=O)[C@H]3CC=CC[C@H]3C2=O)cc1. The summed E-state index contributed by atoms with van der Waals surface area (Å²) in [5.41, 5.74) is 1.98. The summed E-state index contributed by atoms with van der Waals surface area (Å²) in [5, 5.41) is 0. The highest BCUT2D eigenvalue weighted by Gasteiger charge is 2.47. The molecule has 1 aliphatic carbocycles. The van der Waals surface area contributed by atoms with Gasteiger partial charge in [0.05, 0.1) is 17.5 Å². The molecule has 1 aromatic carbocycles. The van der Waals surface area contributed by atoms with Crippen LogP contribution in [0.4, 0.5) is 5.69 Å². The van der Waals surface area contributed by atoms with Crippen LogP contribution in [0.2, 0.25) is 0 Å². The van der Waals surface area contributed by atoms with Crippen molar-refractivity contribution in [3.05, 3.63) is 42.0 Å². The number of nitrogens with zero attached hydrogens (tertiary/aromatic N) is 1. The van der Waals surface area contributed by atoms with E-state index in [-0.39, 0.29) is 23.7 Å². The zero-order valence-electron chi connectivity index (χ0n) is 12.4. The zero-order chi connectivity index (χ0) is 14.8. The van der Waals surface area contributed by atoms with Crippen molar-refractivity contribution in [3.63, 3.8) is 0 Å². The van der Waals surface area contributed by atoms with Crippen molar-refractivity contribution in [1.29, 1.82) is 0 Å². The summed E-state index contributed by atoms with van der Waals surface area (Å²) in [6.45, 7) is 2.17. The van der Waals surface area contributed by atoms with Gasteiger partial charge in [0.15, 0.2) is 0 Å². The Labute approximate surface area is 125 Å². The van der Waals surface area contributed by atoms with E-state index in [1.807, 2.05) is 36.4 Å². The third-order valence-corrected chi connectivity index (χ3v) is 4.52. The molecule has 1 fully saturated rings. The quantitative estimate of drug-likeness (QED) is 0.626. The van der Waals surface area contributed by atoms with Crippen LogP contribution < -0.4 is 4.90 Å². The smallest absolute Gasteiger partial charge is 0.238 e. The largest absolute Gasteiger partial charge is 0.274 e. The summed E-state index contributed by atoms with van der Waals surface area (Å²) in [6.07, 6.45) is 8.81. The van der Waals surface area contributed by atoms with Crippen molar-refractivity contribution in [2.45, 2.75) is 39.0 Å². The van der Waals surface area contributed by atoms with Gasteiger partial charge in [-0.05, 0) is 43.4 Å². The fourth-order valence-electron chi connectivity index (χ4n) is 3.25. The van der Waals surface area contributed by atoms with Crippen molar-refractivity contribution in [2.24, 2.45) is 11.8 Å². The van der Waals surface area contributed by atoms with Crippen LogP contribution in [-0.4, -0.2) is 11.8 Å². The monoisotopic (exact) mass is 283 g/mol. The van der Waals surface area contributed by atoms with Crippen LogP contribution >= 0.6 is 0 Å².